The van der Waals surface area contributed by atoms with Gasteiger partial charge in [-0.3, -0.25) is 4.90 Å². The van der Waals surface area contributed by atoms with Crippen molar-refractivity contribution < 1.29 is 0 Å². The molecular weight excluding hydrogens is 218 g/mol. The van der Waals surface area contributed by atoms with Crippen LogP contribution in [0, 0.1) is 0 Å². The third-order valence-corrected chi connectivity index (χ3v) is 3.50. The summed E-state index contributed by atoms with van der Waals surface area (Å²) in [7, 11) is 0. The topological polar surface area (TPSA) is 3.24 Å². The number of hydrogen-bond donors (Lipinski definition) is 0. The number of hydrogen-bond acceptors (Lipinski definition) is 1. The van der Waals surface area contributed by atoms with Gasteiger partial charge in [0.1, 0.15) is 0 Å². The van der Waals surface area contributed by atoms with Crippen LogP contribution in [-0.4, -0.2) is 17.0 Å². The summed E-state index contributed by atoms with van der Waals surface area (Å²) >= 11 is 0. The summed E-state index contributed by atoms with van der Waals surface area (Å²) in [4.78, 5) is 2.54. The van der Waals surface area contributed by atoms with Crippen LogP contribution in [0.3, 0.4) is 0 Å². The molecule has 1 heteroatoms. The molecule has 0 saturated heterocycles. The Kier molecular flexibility index (Phi) is 6.42. The van der Waals surface area contributed by atoms with Gasteiger partial charge >= 0.3 is 0 Å². The van der Waals surface area contributed by atoms with Crippen molar-refractivity contribution in [1.82, 2.24) is 4.90 Å². The molecule has 0 radical (unpaired) electrons. The predicted octanol–water partition coefficient (Wildman–Crippen LogP) is 4.65. The molecule has 0 atom stereocenters. The first-order valence-corrected chi connectivity index (χ1v) is 7.38. The van der Waals surface area contributed by atoms with E-state index in [2.05, 4.69) is 63.8 Å². The zero-order valence-corrected chi connectivity index (χ0v) is 12.7. The van der Waals surface area contributed by atoms with Gasteiger partial charge in [0, 0.05) is 18.6 Å². The second-order valence-electron chi connectivity index (χ2n) is 5.78. The van der Waals surface area contributed by atoms with Crippen molar-refractivity contribution in [2.75, 3.05) is 0 Å². The Morgan fingerprint density at radius 1 is 1.00 bits per heavy atom. The Morgan fingerprint density at radius 2 is 1.61 bits per heavy atom. The fourth-order valence-corrected chi connectivity index (χ4v) is 2.44. The summed E-state index contributed by atoms with van der Waals surface area (Å²) in [5.74, 6) is 0. The van der Waals surface area contributed by atoms with Crippen LogP contribution in [0.2, 0.25) is 0 Å². The summed E-state index contributed by atoms with van der Waals surface area (Å²) in [5, 5.41) is 0. The fourth-order valence-electron chi connectivity index (χ4n) is 2.44. The van der Waals surface area contributed by atoms with Crippen LogP contribution in [0.5, 0.6) is 0 Å². The SMILES string of the molecule is CCCCc1cccc(CN(C(C)C)C(C)C)c1. The molecule has 0 amide bonds. The van der Waals surface area contributed by atoms with Crippen LogP contribution in [0.1, 0.15) is 58.6 Å². The van der Waals surface area contributed by atoms with Gasteiger partial charge in [-0.15, -0.1) is 0 Å². The molecule has 1 nitrogen and oxygen atoms in total. The Balaban J connectivity index is 2.70. The normalized spacial score (nSPS) is 11.8. The van der Waals surface area contributed by atoms with Crippen LogP contribution in [0.4, 0.5) is 0 Å². The lowest BCUT2D eigenvalue weighted by molar-refractivity contribution is 0.166. The van der Waals surface area contributed by atoms with Gasteiger partial charge in [-0.1, -0.05) is 37.6 Å². The van der Waals surface area contributed by atoms with Gasteiger partial charge in [-0.05, 0) is 51.7 Å². The molecule has 0 unspecified atom stereocenters. The molecule has 0 fully saturated rings. The molecule has 0 aliphatic heterocycles. The zero-order chi connectivity index (χ0) is 13.5. The molecule has 0 aromatic heterocycles. The molecule has 1 rings (SSSR count). The minimum atomic E-state index is 0.601. The van der Waals surface area contributed by atoms with Crippen molar-refractivity contribution in [3.8, 4) is 0 Å². The molecule has 1 aromatic carbocycles. The van der Waals surface area contributed by atoms with E-state index in [1.165, 1.54) is 30.4 Å². The molecule has 0 N–H and O–H groups in total. The monoisotopic (exact) mass is 247 g/mol. The molecule has 0 aliphatic rings. The van der Waals surface area contributed by atoms with E-state index in [1.54, 1.807) is 0 Å². The lowest BCUT2D eigenvalue weighted by atomic mass is 10.0. The van der Waals surface area contributed by atoms with Gasteiger partial charge in [0.15, 0.2) is 0 Å². The van der Waals surface area contributed by atoms with Crippen LogP contribution in [-0.2, 0) is 13.0 Å². The van der Waals surface area contributed by atoms with Crippen molar-refractivity contribution in [2.24, 2.45) is 0 Å². The van der Waals surface area contributed by atoms with Gasteiger partial charge in [0.05, 0.1) is 0 Å². The average molecular weight is 247 g/mol. The molecule has 102 valence electrons. The van der Waals surface area contributed by atoms with Crippen molar-refractivity contribution in [1.29, 1.82) is 0 Å². The summed E-state index contributed by atoms with van der Waals surface area (Å²) in [6.45, 7) is 12.4. The van der Waals surface area contributed by atoms with Gasteiger partial charge in [0.2, 0.25) is 0 Å². The van der Waals surface area contributed by atoms with Crippen LogP contribution < -0.4 is 0 Å². The van der Waals surface area contributed by atoms with Gasteiger partial charge in [0.25, 0.3) is 0 Å². The van der Waals surface area contributed by atoms with E-state index in [0.717, 1.165) is 6.54 Å². The molecule has 0 bridgehead atoms. The number of nitrogens with zero attached hydrogens (tertiary/aromatic N) is 1. The standard InChI is InChI=1S/C17H29N/c1-6-7-9-16-10-8-11-17(12-16)13-18(14(2)3)15(4)5/h8,10-12,14-15H,6-7,9,13H2,1-5H3. The average Bonchev–Trinajstić information content (AvgIpc) is 2.33. The Morgan fingerprint density at radius 3 is 2.17 bits per heavy atom. The molecule has 0 aliphatic carbocycles. The first-order valence-electron chi connectivity index (χ1n) is 7.38. The number of benzene rings is 1. The van der Waals surface area contributed by atoms with Crippen LogP contribution in [0.15, 0.2) is 24.3 Å². The smallest absolute Gasteiger partial charge is 0.0239 e. The molecule has 18 heavy (non-hydrogen) atoms. The highest BCUT2D eigenvalue weighted by Gasteiger charge is 2.13. The van der Waals surface area contributed by atoms with Crippen molar-refractivity contribution in [2.45, 2.75) is 72.5 Å². The lowest BCUT2D eigenvalue weighted by Crippen LogP contribution is -2.36. The third-order valence-electron chi connectivity index (χ3n) is 3.50. The van der Waals surface area contributed by atoms with Crippen molar-refractivity contribution >= 4 is 0 Å². The molecule has 1 aromatic rings. The van der Waals surface area contributed by atoms with E-state index >= 15 is 0 Å². The molecule has 0 saturated carbocycles. The Hall–Kier alpha value is -0.820. The highest BCUT2D eigenvalue weighted by molar-refractivity contribution is 5.23. The van der Waals surface area contributed by atoms with Gasteiger partial charge in [-0.25, -0.2) is 0 Å². The van der Waals surface area contributed by atoms with E-state index in [0.29, 0.717) is 12.1 Å². The van der Waals surface area contributed by atoms with E-state index < -0.39 is 0 Å². The lowest BCUT2D eigenvalue weighted by Gasteiger charge is -2.30. The predicted molar refractivity (Wildman–Crippen MR) is 80.9 cm³/mol. The zero-order valence-electron chi connectivity index (χ0n) is 12.7. The molecule has 0 spiro atoms. The number of aryl methyl sites for hydroxylation is 1. The first kappa shape index (κ1) is 15.2. The second kappa shape index (κ2) is 7.58. The number of unbranched alkanes of at least 4 members (excludes halogenated alkanes) is 1. The highest BCUT2D eigenvalue weighted by atomic mass is 15.2. The molecule has 0 heterocycles. The number of rotatable bonds is 7. The summed E-state index contributed by atoms with van der Waals surface area (Å²) in [6.07, 6.45) is 3.78. The van der Waals surface area contributed by atoms with E-state index in [1.807, 2.05) is 0 Å². The largest absolute Gasteiger partial charge is 0.294 e. The first-order chi connectivity index (χ1) is 8.54. The molecular formula is C17H29N. The van der Waals surface area contributed by atoms with E-state index in [9.17, 15) is 0 Å². The van der Waals surface area contributed by atoms with E-state index in [4.69, 9.17) is 0 Å². The highest BCUT2D eigenvalue weighted by Crippen LogP contribution is 2.14. The van der Waals surface area contributed by atoms with Crippen LogP contribution in [0.25, 0.3) is 0 Å². The summed E-state index contributed by atoms with van der Waals surface area (Å²) < 4.78 is 0. The van der Waals surface area contributed by atoms with Gasteiger partial charge in [-0.2, -0.15) is 0 Å². The Labute approximate surface area is 113 Å². The summed E-state index contributed by atoms with van der Waals surface area (Å²) in [5.41, 5.74) is 2.94. The minimum Gasteiger partial charge on any atom is -0.294 e. The maximum absolute atomic E-state index is 2.54. The minimum absolute atomic E-state index is 0.601. The maximum Gasteiger partial charge on any atom is 0.0239 e. The Bertz CT molecular complexity index is 333. The van der Waals surface area contributed by atoms with Crippen molar-refractivity contribution in [3.05, 3.63) is 35.4 Å². The van der Waals surface area contributed by atoms with E-state index in [-0.39, 0.29) is 0 Å². The van der Waals surface area contributed by atoms with Crippen molar-refractivity contribution in [3.63, 3.8) is 0 Å². The van der Waals surface area contributed by atoms with Crippen LogP contribution >= 0.6 is 0 Å². The van der Waals surface area contributed by atoms with Gasteiger partial charge < -0.3 is 0 Å². The quantitative estimate of drug-likeness (QED) is 0.678. The maximum atomic E-state index is 2.54. The fraction of sp³-hybridized carbons (Fsp3) is 0.647. The summed E-state index contributed by atoms with van der Waals surface area (Å²) in [6, 6.07) is 10.3. The third kappa shape index (κ3) is 4.81. The second-order valence-corrected chi connectivity index (χ2v) is 5.78.